The summed E-state index contributed by atoms with van der Waals surface area (Å²) >= 11 is 0. The van der Waals surface area contributed by atoms with Crippen molar-refractivity contribution in [1.82, 2.24) is 15.1 Å². The van der Waals surface area contributed by atoms with Crippen LogP contribution in [0.1, 0.15) is 32.1 Å². The largest absolute Gasteiger partial charge is 0.343 e. The van der Waals surface area contributed by atoms with E-state index >= 15 is 0 Å². The minimum absolute atomic E-state index is 0.351. The van der Waals surface area contributed by atoms with E-state index in [4.69, 9.17) is 0 Å². The lowest BCUT2D eigenvalue weighted by atomic mass is 9.94. The Balaban J connectivity index is 1.37. The number of likely N-dealkylation sites (tertiary alicyclic amines) is 1. The first-order chi connectivity index (χ1) is 8.83. The fourth-order valence-electron chi connectivity index (χ4n) is 3.71. The zero-order valence-corrected chi connectivity index (χ0v) is 11.2. The molecule has 3 saturated heterocycles. The van der Waals surface area contributed by atoms with Gasteiger partial charge < -0.3 is 15.1 Å². The molecule has 1 amide bonds. The Kier molecular flexibility index (Phi) is 3.85. The molecule has 3 fully saturated rings. The van der Waals surface area contributed by atoms with Crippen molar-refractivity contribution in [3.63, 3.8) is 0 Å². The van der Waals surface area contributed by atoms with Gasteiger partial charge in [0.2, 0.25) is 5.91 Å². The van der Waals surface area contributed by atoms with Crippen LogP contribution in [0.25, 0.3) is 0 Å². The maximum Gasteiger partial charge on any atom is 0.223 e. The molecule has 3 rings (SSSR count). The first kappa shape index (κ1) is 12.4. The molecule has 0 saturated carbocycles. The summed E-state index contributed by atoms with van der Waals surface area (Å²) in [6.45, 7) is 6.65. The molecule has 0 aromatic rings. The van der Waals surface area contributed by atoms with Gasteiger partial charge >= 0.3 is 0 Å². The Bertz CT molecular complexity index is 301. The molecular formula is C14H25N3O. The molecule has 3 heterocycles. The number of rotatable bonds is 4. The summed E-state index contributed by atoms with van der Waals surface area (Å²) in [7, 11) is 0. The summed E-state index contributed by atoms with van der Waals surface area (Å²) in [5.41, 5.74) is 0. The van der Waals surface area contributed by atoms with Crippen molar-refractivity contribution >= 4 is 5.91 Å². The van der Waals surface area contributed by atoms with Gasteiger partial charge in [0, 0.05) is 38.6 Å². The fraction of sp³-hybridized carbons (Fsp3) is 0.929. The van der Waals surface area contributed by atoms with Gasteiger partial charge in [-0.2, -0.15) is 0 Å². The average Bonchev–Trinajstić information content (AvgIpc) is 3.02. The molecule has 102 valence electrons. The van der Waals surface area contributed by atoms with E-state index in [1.165, 1.54) is 45.3 Å². The van der Waals surface area contributed by atoms with Crippen molar-refractivity contribution in [3.05, 3.63) is 0 Å². The molecule has 4 heteroatoms. The summed E-state index contributed by atoms with van der Waals surface area (Å²) in [6.07, 6.45) is 5.69. The number of amides is 1. The molecule has 3 aliphatic rings. The Labute approximate surface area is 110 Å². The van der Waals surface area contributed by atoms with E-state index in [0.717, 1.165) is 25.6 Å². The molecule has 18 heavy (non-hydrogen) atoms. The smallest absolute Gasteiger partial charge is 0.223 e. The number of hydrogen-bond acceptors (Lipinski definition) is 3. The van der Waals surface area contributed by atoms with Crippen molar-refractivity contribution in [3.8, 4) is 0 Å². The maximum absolute atomic E-state index is 11.9. The van der Waals surface area contributed by atoms with Crippen LogP contribution >= 0.6 is 0 Å². The molecule has 0 aromatic carbocycles. The number of piperidine rings is 1. The molecular weight excluding hydrogens is 226 g/mol. The standard InChI is InChI=1S/C14H25N3O/c18-14(17-7-1-2-8-17)3-6-15-13-5-10-16-9-4-12(13)11-16/h12-13,15H,1-11H2. The SMILES string of the molecule is O=C(CCNC1CCN2CCC1C2)N1CCCC1. The molecule has 3 aliphatic heterocycles. The third-order valence-electron chi connectivity index (χ3n) is 4.84. The summed E-state index contributed by atoms with van der Waals surface area (Å²) < 4.78 is 0. The quantitative estimate of drug-likeness (QED) is 0.798. The highest BCUT2D eigenvalue weighted by Crippen LogP contribution is 2.26. The Morgan fingerprint density at radius 2 is 1.89 bits per heavy atom. The third kappa shape index (κ3) is 2.69. The summed E-state index contributed by atoms with van der Waals surface area (Å²) in [4.78, 5) is 16.5. The third-order valence-corrected chi connectivity index (χ3v) is 4.84. The van der Waals surface area contributed by atoms with E-state index in [1.807, 2.05) is 4.90 Å². The van der Waals surface area contributed by atoms with E-state index in [1.54, 1.807) is 0 Å². The Morgan fingerprint density at radius 3 is 2.72 bits per heavy atom. The van der Waals surface area contributed by atoms with Gasteiger partial charge in [0.25, 0.3) is 0 Å². The minimum Gasteiger partial charge on any atom is -0.343 e. The molecule has 4 nitrogen and oxygen atoms in total. The van der Waals surface area contributed by atoms with Crippen LogP contribution in [0.4, 0.5) is 0 Å². The van der Waals surface area contributed by atoms with E-state index in [-0.39, 0.29) is 0 Å². The van der Waals surface area contributed by atoms with Crippen LogP contribution in [0.3, 0.4) is 0 Å². The van der Waals surface area contributed by atoms with Gasteiger partial charge in [-0.05, 0) is 44.7 Å². The van der Waals surface area contributed by atoms with E-state index < -0.39 is 0 Å². The number of nitrogens with zero attached hydrogens (tertiary/aromatic N) is 2. The van der Waals surface area contributed by atoms with Crippen LogP contribution in [0, 0.1) is 5.92 Å². The van der Waals surface area contributed by atoms with Gasteiger partial charge in [-0.15, -0.1) is 0 Å². The highest BCUT2D eigenvalue weighted by atomic mass is 16.2. The van der Waals surface area contributed by atoms with Gasteiger partial charge in [0.05, 0.1) is 0 Å². The summed E-state index contributed by atoms with van der Waals surface area (Å²) in [5, 5.41) is 3.63. The first-order valence-corrected chi connectivity index (χ1v) is 7.56. The average molecular weight is 251 g/mol. The zero-order chi connectivity index (χ0) is 12.4. The predicted octanol–water partition coefficient (Wildman–Crippen LogP) is 0.683. The summed E-state index contributed by atoms with van der Waals surface area (Å²) in [5.74, 6) is 1.18. The number of hydrogen-bond donors (Lipinski definition) is 1. The molecule has 0 aliphatic carbocycles. The molecule has 0 aromatic heterocycles. The lowest BCUT2D eigenvalue weighted by Crippen LogP contribution is -2.44. The number of carbonyl (C=O) groups is 1. The van der Waals surface area contributed by atoms with Crippen LogP contribution in [0.5, 0.6) is 0 Å². The van der Waals surface area contributed by atoms with Gasteiger partial charge in [-0.3, -0.25) is 4.79 Å². The maximum atomic E-state index is 11.9. The topological polar surface area (TPSA) is 35.6 Å². The van der Waals surface area contributed by atoms with Crippen LogP contribution in [0.2, 0.25) is 0 Å². The van der Waals surface area contributed by atoms with Crippen molar-refractivity contribution in [2.24, 2.45) is 5.92 Å². The molecule has 3 atom stereocenters. The monoisotopic (exact) mass is 251 g/mol. The van der Waals surface area contributed by atoms with Crippen LogP contribution in [0.15, 0.2) is 0 Å². The van der Waals surface area contributed by atoms with Crippen molar-refractivity contribution in [2.45, 2.75) is 38.1 Å². The van der Waals surface area contributed by atoms with E-state index in [9.17, 15) is 4.79 Å². The Hall–Kier alpha value is -0.610. The fourth-order valence-corrected chi connectivity index (χ4v) is 3.71. The van der Waals surface area contributed by atoms with Crippen molar-refractivity contribution in [2.75, 3.05) is 39.3 Å². The highest BCUT2D eigenvalue weighted by molar-refractivity contribution is 5.76. The molecule has 2 bridgehead atoms. The van der Waals surface area contributed by atoms with E-state index in [2.05, 4.69) is 10.2 Å². The van der Waals surface area contributed by atoms with E-state index in [0.29, 0.717) is 18.4 Å². The highest BCUT2D eigenvalue weighted by Gasteiger charge is 2.33. The minimum atomic E-state index is 0.351. The summed E-state index contributed by atoms with van der Waals surface area (Å²) in [6, 6.07) is 0.662. The first-order valence-electron chi connectivity index (χ1n) is 7.56. The van der Waals surface area contributed by atoms with Gasteiger partial charge in [-0.25, -0.2) is 0 Å². The number of nitrogens with one attached hydrogen (secondary N) is 1. The normalized spacial score (nSPS) is 35.1. The second-order valence-electron chi connectivity index (χ2n) is 6.04. The lowest BCUT2D eigenvalue weighted by Gasteiger charge is -2.31. The predicted molar refractivity (Wildman–Crippen MR) is 71.4 cm³/mol. The zero-order valence-electron chi connectivity index (χ0n) is 11.2. The van der Waals surface area contributed by atoms with Gasteiger partial charge in [0.1, 0.15) is 0 Å². The van der Waals surface area contributed by atoms with Crippen LogP contribution < -0.4 is 5.32 Å². The number of fused-ring (bicyclic) bond motifs is 2. The second-order valence-corrected chi connectivity index (χ2v) is 6.04. The molecule has 0 radical (unpaired) electrons. The Morgan fingerprint density at radius 1 is 1.11 bits per heavy atom. The molecule has 3 unspecified atom stereocenters. The van der Waals surface area contributed by atoms with Gasteiger partial charge in [0.15, 0.2) is 0 Å². The molecule has 0 spiro atoms. The van der Waals surface area contributed by atoms with Crippen molar-refractivity contribution < 1.29 is 4.79 Å². The second kappa shape index (κ2) is 5.57. The molecule has 1 N–H and O–H groups in total. The van der Waals surface area contributed by atoms with Crippen LogP contribution in [-0.2, 0) is 4.79 Å². The lowest BCUT2D eigenvalue weighted by molar-refractivity contribution is -0.130. The van der Waals surface area contributed by atoms with Crippen molar-refractivity contribution in [1.29, 1.82) is 0 Å². The van der Waals surface area contributed by atoms with Crippen LogP contribution in [-0.4, -0.2) is 61.0 Å². The number of carbonyl (C=O) groups excluding carboxylic acids is 1. The van der Waals surface area contributed by atoms with Gasteiger partial charge in [-0.1, -0.05) is 0 Å².